The minimum atomic E-state index is -1.03. The summed E-state index contributed by atoms with van der Waals surface area (Å²) in [5.41, 5.74) is 0.491. The van der Waals surface area contributed by atoms with Crippen molar-refractivity contribution in [1.29, 1.82) is 0 Å². The lowest BCUT2D eigenvalue weighted by molar-refractivity contribution is 0.0524. The van der Waals surface area contributed by atoms with Crippen molar-refractivity contribution in [3.05, 3.63) is 53.6 Å². The maximum Gasteiger partial charge on any atom is 0.342 e. The number of phenols is 1. The molecular formula is C15H12F2O3. The lowest BCUT2D eigenvalue weighted by atomic mass is 9.98. The standard InChI is InChI=1S/C15H12F2O3/c1-2-20-15(19)14-10(4-3-5-13(14)18)9-6-7-11(16)12(17)8-9/h3-8,18H,2H2,1H3. The molecule has 0 radical (unpaired) electrons. The van der Waals surface area contributed by atoms with E-state index < -0.39 is 17.6 Å². The van der Waals surface area contributed by atoms with Crippen LogP contribution < -0.4 is 0 Å². The van der Waals surface area contributed by atoms with E-state index in [9.17, 15) is 18.7 Å². The fraction of sp³-hybridized carbons (Fsp3) is 0.133. The van der Waals surface area contributed by atoms with Gasteiger partial charge in [0.1, 0.15) is 11.3 Å². The summed E-state index contributed by atoms with van der Waals surface area (Å²) in [6.07, 6.45) is 0. The van der Waals surface area contributed by atoms with Crippen molar-refractivity contribution in [2.45, 2.75) is 6.92 Å². The molecule has 0 aromatic heterocycles. The van der Waals surface area contributed by atoms with Crippen molar-refractivity contribution in [1.82, 2.24) is 0 Å². The van der Waals surface area contributed by atoms with Crippen LogP contribution in [0.15, 0.2) is 36.4 Å². The molecule has 3 nitrogen and oxygen atoms in total. The summed E-state index contributed by atoms with van der Waals surface area (Å²) in [7, 11) is 0. The Bertz CT molecular complexity index is 654. The van der Waals surface area contributed by atoms with Crippen molar-refractivity contribution in [3.63, 3.8) is 0 Å². The van der Waals surface area contributed by atoms with Gasteiger partial charge in [-0.05, 0) is 30.7 Å². The van der Waals surface area contributed by atoms with Gasteiger partial charge in [0.2, 0.25) is 0 Å². The van der Waals surface area contributed by atoms with E-state index >= 15 is 0 Å². The summed E-state index contributed by atoms with van der Waals surface area (Å²) in [5, 5.41) is 9.80. The Hall–Kier alpha value is -2.43. The van der Waals surface area contributed by atoms with Gasteiger partial charge in [-0.1, -0.05) is 18.2 Å². The molecule has 0 bridgehead atoms. The third-order valence-corrected chi connectivity index (χ3v) is 2.75. The summed E-state index contributed by atoms with van der Waals surface area (Å²) in [6.45, 7) is 1.78. The van der Waals surface area contributed by atoms with Crippen LogP contribution in [-0.4, -0.2) is 17.7 Å². The SMILES string of the molecule is CCOC(=O)c1c(O)cccc1-c1ccc(F)c(F)c1. The van der Waals surface area contributed by atoms with Crippen molar-refractivity contribution in [2.75, 3.05) is 6.61 Å². The Labute approximate surface area is 114 Å². The fourth-order valence-corrected chi connectivity index (χ4v) is 1.86. The smallest absolute Gasteiger partial charge is 0.342 e. The minimum absolute atomic E-state index is 0.0691. The number of esters is 1. The number of halogens is 2. The van der Waals surface area contributed by atoms with Crippen molar-refractivity contribution < 1.29 is 23.4 Å². The van der Waals surface area contributed by atoms with E-state index in [0.29, 0.717) is 0 Å². The van der Waals surface area contributed by atoms with Gasteiger partial charge in [-0.25, -0.2) is 13.6 Å². The molecule has 0 heterocycles. The Morgan fingerprint density at radius 3 is 2.60 bits per heavy atom. The first kappa shape index (κ1) is 14.0. The predicted molar refractivity (Wildman–Crippen MR) is 69.4 cm³/mol. The second-order valence-electron chi connectivity index (χ2n) is 4.05. The van der Waals surface area contributed by atoms with Gasteiger partial charge in [0.25, 0.3) is 0 Å². The second kappa shape index (κ2) is 5.69. The first-order chi connectivity index (χ1) is 9.54. The zero-order valence-electron chi connectivity index (χ0n) is 10.7. The molecule has 0 aliphatic heterocycles. The maximum atomic E-state index is 13.3. The van der Waals surface area contributed by atoms with Crippen LogP contribution >= 0.6 is 0 Å². The van der Waals surface area contributed by atoms with E-state index in [-0.39, 0.29) is 29.0 Å². The highest BCUT2D eigenvalue weighted by Crippen LogP contribution is 2.31. The summed E-state index contributed by atoms with van der Waals surface area (Å²) in [4.78, 5) is 11.9. The van der Waals surface area contributed by atoms with Gasteiger partial charge in [-0.15, -0.1) is 0 Å². The Morgan fingerprint density at radius 1 is 1.20 bits per heavy atom. The first-order valence-corrected chi connectivity index (χ1v) is 5.99. The van der Waals surface area contributed by atoms with E-state index in [1.54, 1.807) is 6.92 Å². The quantitative estimate of drug-likeness (QED) is 0.874. The predicted octanol–water partition coefficient (Wildman–Crippen LogP) is 3.51. The van der Waals surface area contributed by atoms with E-state index in [1.807, 2.05) is 0 Å². The molecule has 0 saturated heterocycles. The van der Waals surface area contributed by atoms with Crippen LogP contribution in [0.5, 0.6) is 5.75 Å². The first-order valence-electron chi connectivity index (χ1n) is 5.99. The molecule has 20 heavy (non-hydrogen) atoms. The van der Waals surface area contributed by atoms with Crippen molar-refractivity contribution in [3.8, 4) is 16.9 Å². The van der Waals surface area contributed by atoms with Crippen LogP contribution in [0, 0.1) is 11.6 Å². The molecule has 2 aromatic rings. The van der Waals surface area contributed by atoms with Crippen LogP contribution in [-0.2, 0) is 4.74 Å². The molecule has 0 aliphatic rings. The lowest BCUT2D eigenvalue weighted by Gasteiger charge is -2.11. The average molecular weight is 278 g/mol. The number of carbonyl (C=O) groups excluding carboxylic acids is 1. The number of carbonyl (C=O) groups is 1. The van der Waals surface area contributed by atoms with E-state index in [0.717, 1.165) is 12.1 Å². The van der Waals surface area contributed by atoms with Crippen molar-refractivity contribution >= 4 is 5.97 Å². The molecule has 1 N–H and O–H groups in total. The van der Waals surface area contributed by atoms with Gasteiger partial charge in [-0.3, -0.25) is 0 Å². The summed E-state index contributed by atoms with van der Waals surface area (Å²) in [5.74, 6) is -3.00. The van der Waals surface area contributed by atoms with Gasteiger partial charge in [0.05, 0.1) is 6.61 Å². The molecule has 104 valence electrons. The van der Waals surface area contributed by atoms with E-state index in [1.165, 1.54) is 24.3 Å². The van der Waals surface area contributed by atoms with Gasteiger partial charge >= 0.3 is 5.97 Å². The Morgan fingerprint density at radius 2 is 1.95 bits per heavy atom. The van der Waals surface area contributed by atoms with Crippen LogP contribution in [0.3, 0.4) is 0 Å². The van der Waals surface area contributed by atoms with Crippen LogP contribution in [0.2, 0.25) is 0 Å². The lowest BCUT2D eigenvalue weighted by Crippen LogP contribution is -2.07. The monoisotopic (exact) mass is 278 g/mol. The number of ether oxygens (including phenoxy) is 1. The van der Waals surface area contributed by atoms with Gasteiger partial charge in [0.15, 0.2) is 11.6 Å². The largest absolute Gasteiger partial charge is 0.507 e. The molecule has 5 heteroatoms. The maximum absolute atomic E-state index is 13.3. The summed E-state index contributed by atoms with van der Waals surface area (Å²) in [6, 6.07) is 7.62. The highest BCUT2D eigenvalue weighted by molar-refractivity contribution is 6.00. The van der Waals surface area contributed by atoms with E-state index in [4.69, 9.17) is 4.74 Å². The zero-order valence-corrected chi connectivity index (χ0v) is 10.7. The highest BCUT2D eigenvalue weighted by atomic mass is 19.2. The molecule has 0 unspecified atom stereocenters. The van der Waals surface area contributed by atoms with Gasteiger partial charge in [0, 0.05) is 5.56 Å². The Balaban J connectivity index is 2.58. The topological polar surface area (TPSA) is 46.5 Å². The molecule has 0 aliphatic carbocycles. The molecular weight excluding hydrogens is 266 g/mol. The third-order valence-electron chi connectivity index (χ3n) is 2.75. The number of benzene rings is 2. The third kappa shape index (κ3) is 2.61. The number of phenolic OH excluding ortho intramolecular Hbond substituents is 1. The molecule has 0 atom stereocenters. The number of hydrogen-bond acceptors (Lipinski definition) is 3. The summed E-state index contributed by atoms with van der Waals surface area (Å²) < 4.78 is 31.1. The second-order valence-corrected chi connectivity index (χ2v) is 4.05. The molecule has 0 amide bonds. The van der Waals surface area contributed by atoms with Crippen LogP contribution in [0.25, 0.3) is 11.1 Å². The van der Waals surface area contributed by atoms with Gasteiger partial charge < -0.3 is 9.84 Å². The summed E-state index contributed by atoms with van der Waals surface area (Å²) >= 11 is 0. The fourth-order valence-electron chi connectivity index (χ4n) is 1.86. The highest BCUT2D eigenvalue weighted by Gasteiger charge is 2.19. The van der Waals surface area contributed by atoms with E-state index in [2.05, 4.69) is 0 Å². The minimum Gasteiger partial charge on any atom is -0.507 e. The number of aromatic hydroxyl groups is 1. The Kier molecular flexibility index (Phi) is 3.98. The van der Waals surface area contributed by atoms with Crippen LogP contribution in [0.1, 0.15) is 17.3 Å². The molecule has 2 rings (SSSR count). The number of hydrogen-bond donors (Lipinski definition) is 1. The molecule has 2 aromatic carbocycles. The molecule has 0 spiro atoms. The van der Waals surface area contributed by atoms with Crippen molar-refractivity contribution in [2.24, 2.45) is 0 Å². The average Bonchev–Trinajstić information content (AvgIpc) is 2.41. The molecule has 0 saturated carbocycles. The normalized spacial score (nSPS) is 10.3. The zero-order chi connectivity index (χ0) is 14.7. The number of rotatable bonds is 3. The molecule has 0 fully saturated rings. The van der Waals surface area contributed by atoms with Crippen LogP contribution in [0.4, 0.5) is 8.78 Å². The van der Waals surface area contributed by atoms with Gasteiger partial charge in [-0.2, -0.15) is 0 Å².